The number of aliphatic carboxylic acids is 8. The first kappa shape index (κ1) is 36.0. The third-order valence-corrected chi connectivity index (χ3v) is 7.43. The maximum absolute atomic E-state index is 14.5. The van der Waals surface area contributed by atoms with E-state index in [1.54, 1.807) is 0 Å². The van der Waals surface area contributed by atoms with Crippen molar-refractivity contribution in [1.29, 1.82) is 0 Å². The fourth-order valence-electron chi connectivity index (χ4n) is 6.03. The molecule has 1 aliphatic rings. The average molecular weight is 673 g/mol. The molecule has 2 aromatic rings. The molecule has 0 unspecified atom stereocenters. The minimum atomic E-state index is -1.73. The summed E-state index contributed by atoms with van der Waals surface area (Å²) in [4.78, 5) is 125. The van der Waals surface area contributed by atoms with Crippen LogP contribution in [0.25, 0.3) is 0 Å². The van der Waals surface area contributed by atoms with Gasteiger partial charge in [-0.25, -0.2) is 0 Å². The van der Waals surface area contributed by atoms with Gasteiger partial charge in [0.1, 0.15) is 0 Å². The summed E-state index contributed by atoms with van der Waals surface area (Å²) in [5, 5.41) is 77.4. The van der Waals surface area contributed by atoms with Crippen LogP contribution < -0.4 is 0 Å². The van der Waals surface area contributed by atoms with Crippen LogP contribution in [-0.4, -0.2) is 100 Å². The predicted molar refractivity (Wildman–Crippen MR) is 150 cm³/mol. The molecule has 0 atom stereocenters. The molecular weight excluding hydrogens is 648 g/mol. The summed E-state index contributed by atoms with van der Waals surface area (Å²) in [6, 6.07) is 0. The number of carboxylic acids is 8. The Kier molecular flexibility index (Phi) is 10.4. The number of carbonyl (C=O) groups excluding carboxylic acids is 2. The van der Waals surface area contributed by atoms with Crippen LogP contribution in [0.4, 0.5) is 0 Å². The van der Waals surface area contributed by atoms with Gasteiger partial charge in [0.25, 0.3) is 0 Å². The zero-order valence-electron chi connectivity index (χ0n) is 24.3. The topological polar surface area (TPSA) is 333 Å². The van der Waals surface area contributed by atoms with E-state index in [0.717, 1.165) is 0 Å². The van der Waals surface area contributed by atoms with Crippen LogP contribution in [0.1, 0.15) is 76.4 Å². The molecule has 0 fully saturated rings. The molecule has 0 aliphatic heterocycles. The van der Waals surface area contributed by atoms with Gasteiger partial charge in [0.15, 0.2) is 11.6 Å². The normalized spacial score (nSPS) is 11.8. The van der Waals surface area contributed by atoms with E-state index < -0.39 is 177 Å². The second kappa shape index (κ2) is 13.9. The molecule has 1 aliphatic carbocycles. The number of benzene rings is 2. The van der Waals surface area contributed by atoms with Crippen molar-refractivity contribution in [3.8, 4) is 0 Å². The standard InChI is InChI=1S/C30H24O18/c31-17(32)1-9-10(2-18(33)34)14(6-22(41)42)26-25(13(9)5-21(39)40)29(47)27-15(7-23(43)44)11(3-19(35)36)12(4-20(37)38)16(8-24(45)46)28(27)30(26)48/h1-8H2,(H,31,32)(H,33,34)(H,35,36)(H,37,38)(H,39,40)(H,41,42)(H,43,44)(H,45,46). The Morgan fingerprint density at radius 3 is 0.521 bits per heavy atom. The summed E-state index contributed by atoms with van der Waals surface area (Å²) in [6.07, 6.45) is -9.66. The van der Waals surface area contributed by atoms with Gasteiger partial charge >= 0.3 is 47.8 Å². The van der Waals surface area contributed by atoms with Gasteiger partial charge < -0.3 is 40.9 Å². The molecule has 0 spiro atoms. The van der Waals surface area contributed by atoms with Crippen LogP contribution in [0, 0.1) is 0 Å². The highest BCUT2D eigenvalue weighted by atomic mass is 16.4. The maximum atomic E-state index is 14.5. The van der Waals surface area contributed by atoms with Gasteiger partial charge in [-0.2, -0.15) is 0 Å². The Morgan fingerprint density at radius 2 is 0.396 bits per heavy atom. The summed E-state index contributed by atoms with van der Waals surface area (Å²) in [5.41, 5.74) is -9.20. The van der Waals surface area contributed by atoms with Gasteiger partial charge in [0, 0.05) is 22.3 Å². The molecule has 252 valence electrons. The Balaban J connectivity index is 2.80. The van der Waals surface area contributed by atoms with Crippen molar-refractivity contribution in [3.63, 3.8) is 0 Å². The minimum absolute atomic E-state index is 0.634. The van der Waals surface area contributed by atoms with Crippen LogP contribution >= 0.6 is 0 Å². The minimum Gasteiger partial charge on any atom is -0.481 e. The SMILES string of the molecule is O=C(O)Cc1c(CC(=O)O)c(CC(=O)O)c2c(c1CC(=O)O)C(=O)c1c(CC(=O)O)c(CC(=O)O)c(CC(=O)O)c(CC(=O)O)c1C2=O. The molecule has 8 N–H and O–H groups in total. The van der Waals surface area contributed by atoms with Crippen molar-refractivity contribution in [2.45, 2.75) is 51.4 Å². The molecule has 0 saturated carbocycles. The number of hydrogen-bond acceptors (Lipinski definition) is 10. The van der Waals surface area contributed by atoms with Crippen molar-refractivity contribution in [3.05, 3.63) is 66.8 Å². The number of carboxylic acid groups (broad SMARTS) is 8. The molecule has 0 saturated heterocycles. The van der Waals surface area contributed by atoms with E-state index >= 15 is 0 Å². The lowest BCUT2D eigenvalue weighted by atomic mass is 9.69. The Labute approximate surface area is 266 Å². The van der Waals surface area contributed by atoms with Crippen molar-refractivity contribution in [2.75, 3.05) is 0 Å². The Bertz CT molecular complexity index is 1610. The summed E-state index contributed by atoms with van der Waals surface area (Å²) in [7, 11) is 0. The van der Waals surface area contributed by atoms with Crippen LogP contribution in [0.5, 0.6) is 0 Å². The first-order valence-electron chi connectivity index (χ1n) is 13.5. The average Bonchev–Trinajstić information content (AvgIpc) is 2.91. The van der Waals surface area contributed by atoms with Gasteiger partial charge in [0.2, 0.25) is 0 Å². The van der Waals surface area contributed by atoms with Crippen molar-refractivity contribution in [1.82, 2.24) is 0 Å². The molecule has 0 bridgehead atoms. The molecule has 48 heavy (non-hydrogen) atoms. The lowest BCUT2D eigenvalue weighted by Crippen LogP contribution is -2.33. The number of ketones is 2. The van der Waals surface area contributed by atoms with Gasteiger partial charge in [-0.1, -0.05) is 0 Å². The molecule has 3 rings (SSSR count). The van der Waals surface area contributed by atoms with E-state index in [0.29, 0.717) is 0 Å². The number of hydrogen-bond donors (Lipinski definition) is 8. The number of fused-ring (bicyclic) bond motifs is 2. The zero-order chi connectivity index (χ0) is 36.4. The first-order chi connectivity index (χ1) is 22.3. The predicted octanol–water partition coefficient (Wildman–Crippen LogP) is -0.521. The van der Waals surface area contributed by atoms with Crippen LogP contribution in [0.3, 0.4) is 0 Å². The highest BCUT2D eigenvalue weighted by Crippen LogP contribution is 2.42. The Hall–Kier alpha value is -6.46. The summed E-state index contributed by atoms with van der Waals surface area (Å²) >= 11 is 0. The monoisotopic (exact) mass is 672 g/mol. The van der Waals surface area contributed by atoms with E-state index in [9.17, 15) is 88.8 Å². The van der Waals surface area contributed by atoms with E-state index in [2.05, 4.69) is 0 Å². The fraction of sp³-hybridized carbons (Fsp3) is 0.267. The number of carbonyl (C=O) groups is 10. The first-order valence-corrected chi connectivity index (χ1v) is 13.5. The molecule has 2 aromatic carbocycles. The van der Waals surface area contributed by atoms with Gasteiger partial charge in [-0.05, 0) is 44.5 Å². The molecule has 0 amide bonds. The highest BCUT2D eigenvalue weighted by Gasteiger charge is 2.43. The smallest absolute Gasteiger partial charge is 0.307 e. The quantitative estimate of drug-likeness (QED) is 0.0948. The molecule has 18 heteroatoms. The van der Waals surface area contributed by atoms with Crippen molar-refractivity contribution < 1.29 is 88.8 Å². The van der Waals surface area contributed by atoms with Crippen LogP contribution in [0.2, 0.25) is 0 Å². The van der Waals surface area contributed by atoms with Gasteiger partial charge in [-0.3, -0.25) is 47.9 Å². The fourth-order valence-corrected chi connectivity index (χ4v) is 6.03. The molecular formula is C30H24O18. The van der Waals surface area contributed by atoms with Gasteiger partial charge in [0.05, 0.1) is 51.4 Å². The van der Waals surface area contributed by atoms with Crippen LogP contribution in [0.15, 0.2) is 0 Å². The van der Waals surface area contributed by atoms with E-state index in [-0.39, 0.29) is 0 Å². The van der Waals surface area contributed by atoms with Crippen molar-refractivity contribution >= 4 is 59.3 Å². The Morgan fingerprint density at radius 1 is 0.271 bits per heavy atom. The second-order valence-electron chi connectivity index (χ2n) is 10.6. The van der Waals surface area contributed by atoms with Crippen molar-refractivity contribution in [2.24, 2.45) is 0 Å². The lowest BCUT2D eigenvalue weighted by molar-refractivity contribution is -0.138. The molecule has 0 aromatic heterocycles. The highest BCUT2D eigenvalue weighted by molar-refractivity contribution is 6.31. The van der Waals surface area contributed by atoms with E-state index in [1.165, 1.54) is 0 Å². The zero-order valence-corrected chi connectivity index (χ0v) is 24.3. The maximum Gasteiger partial charge on any atom is 0.307 e. The largest absolute Gasteiger partial charge is 0.481 e. The molecule has 18 nitrogen and oxygen atoms in total. The van der Waals surface area contributed by atoms with E-state index in [1.807, 2.05) is 0 Å². The third-order valence-electron chi connectivity index (χ3n) is 7.43. The van der Waals surface area contributed by atoms with Crippen LogP contribution in [-0.2, 0) is 89.7 Å². The molecule has 0 heterocycles. The summed E-state index contributed by atoms with van der Waals surface area (Å²) < 4.78 is 0. The lowest BCUT2D eigenvalue weighted by Gasteiger charge is -2.31. The van der Waals surface area contributed by atoms with E-state index in [4.69, 9.17) is 0 Å². The number of rotatable bonds is 16. The molecule has 0 radical (unpaired) electrons. The third kappa shape index (κ3) is 7.33. The summed E-state index contributed by atoms with van der Waals surface area (Å²) in [6.45, 7) is 0. The second-order valence-corrected chi connectivity index (χ2v) is 10.6. The van der Waals surface area contributed by atoms with Gasteiger partial charge in [-0.15, -0.1) is 0 Å². The summed E-state index contributed by atoms with van der Waals surface area (Å²) in [5.74, 6) is -16.6.